The Morgan fingerprint density at radius 3 is 2.68 bits per heavy atom. The van der Waals surface area contributed by atoms with Gasteiger partial charge in [-0.15, -0.1) is 0 Å². The Morgan fingerprint density at radius 1 is 1.41 bits per heavy atom. The topological polar surface area (TPSA) is 115 Å². The minimum atomic E-state index is -3.88. The van der Waals surface area contributed by atoms with Gasteiger partial charge in [0.2, 0.25) is 10.0 Å². The van der Waals surface area contributed by atoms with Gasteiger partial charge in [-0.1, -0.05) is 22.4 Å². The number of carbonyl (C=O) groups excluding carboxylic acids is 1. The largest absolute Gasteiger partial charge is 0.349 e. The maximum Gasteiger partial charge on any atom is 0.251 e. The Morgan fingerprint density at radius 2 is 2.09 bits per heavy atom. The fourth-order valence-electron chi connectivity index (χ4n) is 2.94. The van der Waals surface area contributed by atoms with E-state index >= 15 is 0 Å². The van der Waals surface area contributed by atoms with Crippen LogP contribution in [0.15, 0.2) is 21.5 Å². The van der Waals surface area contributed by atoms with Crippen molar-refractivity contribution in [2.75, 3.05) is 6.54 Å². The molecule has 1 amide bonds. The first-order chi connectivity index (χ1) is 10.2. The van der Waals surface area contributed by atoms with Gasteiger partial charge in [-0.25, -0.2) is 13.6 Å². The molecule has 1 aromatic carbocycles. The molecule has 1 aromatic rings. The lowest BCUT2D eigenvalue weighted by Crippen LogP contribution is -2.40. The number of carbonyl (C=O) groups is 1. The summed E-state index contributed by atoms with van der Waals surface area (Å²) < 4.78 is 23.8. The highest BCUT2D eigenvalue weighted by atomic mass is 79.9. The second-order valence-electron chi connectivity index (χ2n) is 5.63. The predicted octanol–water partition coefficient (Wildman–Crippen LogP) is 1.26. The standard InChI is InChI=1S/C14H20BrN3O3S/c1-8-11(5-10(15)6-13(8)22(17,20)21)14(19)18-12-4-2-3-9(12)7-16/h5-6,9,12H,2-4,7,16H2,1H3,(H,18,19)(H2,17,20,21). The van der Waals surface area contributed by atoms with Gasteiger partial charge in [-0.2, -0.15) is 0 Å². The molecule has 1 fully saturated rings. The zero-order valence-corrected chi connectivity index (χ0v) is 14.7. The lowest BCUT2D eigenvalue weighted by Gasteiger charge is -2.20. The fraction of sp³-hybridized carbons (Fsp3) is 0.500. The number of hydrogen-bond donors (Lipinski definition) is 3. The molecule has 0 aliphatic heterocycles. The van der Waals surface area contributed by atoms with Crippen LogP contribution in [0.4, 0.5) is 0 Å². The molecule has 2 unspecified atom stereocenters. The van der Waals surface area contributed by atoms with Crippen molar-refractivity contribution in [3.8, 4) is 0 Å². The van der Waals surface area contributed by atoms with Gasteiger partial charge in [0.15, 0.2) is 0 Å². The minimum Gasteiger partial charge on any atom is -0.349 e. The number of halogens is 1. The molecule has 122 valence electrons. The van der Waals surface area contributed by atoms with Crippen LogP contribution in [0.1, 0.15) is 35.2 Å². The molecule has 1 aliphatic rings. The Labute approximate surface area is 138 Å². The van der Waals surface area contributed by atoms with E-state index in [1.54, 1.807) is 13.0 Å². The number of amides is 1. The summed E-state index contributed by atoms with van der Waals surface area (Å²) in [6.07, 6.45) is 2.93. The maximum absolute atomic E-state index is 12.5. The third-order valence-electron chi connectivity index (χ3n) is 4.15. The van der Waals surface area contributed by atoms with Gasteiger partial charge in [0.25, 0.3) is 5.91 Å². The van der Waals surface area contributed by atoms with Gasteiger partial charge >= 0.3 is 0 Å². The van der Waals surface area contributed by atoms with Crippen LogP contribution in [-0.2, 0) is 10.0 Å². The summed E-state index contributed by atoms with van der Waals surface area (Å²) in [6, 6.07) is 3.04. The quantitative estimate of drug-likeness (QED) is 0.718. The molecule has 0 radical (unpaired) electrons. The summed E-state index contributed by atoms with van der Waals surface area (Å²) >= 11 is 3.23. The number of sulfonamides is 1. The number of hydrogen-bond acceptors (Lipinski definition) is 4. The molecule has 0 spiro atoms. The normalized spacial score (nSPS) is 21.8. The average molecular weight is 390 g/mol. The van der Waals surface area contributed by atoms with E-state index in [2.05, 4.69) is 21.2 Å². The molecule has 1 aliphatic carbocycles. The smallest absolute Gasteiger partial charge is 0.251 e. The van der Waals surface area contributed by atoms with E-state index in [0.717, 1.165) is 19.3 Å². The van der Waals surface area contributed by atoms with Crippen LogP contribution in [0.2, 0.25) is 0 Å². The first-order valence-corrected chi connectivity index (χ1v) is 9.42. The van der Waals surface area contributed by atoms with Crippen LogP contribution in [0.3, 0.4) is 0 Å². The highest BCUT2D eigenvalue weighted by Crippen LogP contribution is 2.27. The number of primary sulfonamides is 1. The van der Waals surface area contributed by atoms with Crippen LogP contribution in [0, 0.1) is 12.8 Å². The van der Waals surface area contributed by atoms with E-state index in [1.807, 2.05) is 0 Å². The van der Waals surface area contributed by atoms with E-state index in [0.29, 0.717) is 22.1 Å². The molecule has 8 heteroatoms. The molecule has 1 saturated carbocycles. The van der Waals surface area contributed by atoms with Crippen molar-refractivity contribution >= 4 is 31.9 Å². The van der Waals surface area contributed by atoms with Crippen molar-refractivity contribution in [3.05, 3.63) is 27.7 Å². The summed E-state index contributed by atoms with van der Waals surface area (Å²) in [5.41, 5.74) is 6.38. The highest BCUT2D eigenvalue weighted by molar-refractivity contribution is 9.10. The first-order valence-electron chi connectivity index (χ1n) is 7.08. The molecule has 6 nitrogen and oxygen atoms in total. The number of rotatable bonds is 4. The first kappa shape index (κ1) is 17.4. The van der Waals surface area contributed by atoms with Gasteiger partial charge in [0, 0.05) is 16.1 Å². The van der Waals surface area contributed by atoms with E-state index in [-0.39, 0.29) is 22.8 Å². The number of nitrogens with one attached hydrogen (secondary N) is 1. The van der Waals surface area contributed by atoms with Crippen molar-refractivity contribution in [2.24, 2.45) is 16.8 Å². The van der Waals surface area contributed by atoms with Crippen molar-refractivity contribution in [1.29, 1.82) is 0 Å². The predicted molar refractivity (Wildman–Crippen MR) is 87.9 cm³/mol. The lowest BCUT2D eigenvalue weighted by atomic mass is 10.0. The Hall–Kier alpha value is -0.960. The van der Waals surface area contributed by atoms with Crippen LogP contribution >= 0.6 is 15.9 Å². The minimum absolute atomic E-state index is 0.0359. The van der Waals surface area contributed by atoms with E-state index < -0.39 is 10.0 Å². The third kappa shape index (κ3) is 3.68. The van der Waals surface area contributed by atoms with Gasteiger partial charge in [-0.3, -0.25) is 4.79 Å². The average Bonchev–Trinajstić information content (AvgIpc) is 2.86. The van der Waals surface area contributed by atoms with E-state index in [9.17, 15) is 13.2 Å². The fourth-order valence-corrected chi connectivity index (χ4v) is 4.38. The van der Waals surface area contributed by atoms with Crippen molar-refractivity contribution < 1.29 is 13.2 Å². The monoisotopic (exact) mass is 389 g/mol. The maximum atomic E-state index is 12.5. The summed E-state index contributed by atoms with van der Waals surface area (Å²) in [6.45, 7) is 2.11. The molecule has 0 bridgehead atoms. The molecular formula is C14H20BrN3O3S. The molecule has 0 aromatic heterocycles. The Balaban J connectivity index is 2.32. The van der Waals surface area contributed by atoms with Crippen LogP contribution < -0.4 is 16.2 Å². The Bertz CT molecular complexity index is 691. The molecule has 2 rings (SSSR count). The summed E-state index contributed by atoms with van der Waals surface area (Å²) in [5.74, 6) is -0.0248. The van der Waals surface area contributed by atoms with Crippen LogP contribution in [0.25, 0.3) is 0 Å². The summed E-state index contributed by atoms with van der Waals surface area (Å²) in [7, 11) is -3.88. The second-order valence-corrected chi connectivity index (χ2v) is 8.07. The molecule has 0 heterocycles. The lowest BCUT2D eigenvalue weighted by molar-refractivity contribution is 0.0928. The third-order valence-corrected chi connectivity index (χ3v) is 5.65. The summed E-state index contributed by atoms with van der Waals surface area (Å²) in [4.78, 5) is 12.5. The zero-order valence-electron chi connectivity index (χ0n) is 12.3. The molecule has 22 heavy (non-hydrogen) atoms. The Kier molecular flexibility index (Phi) is 5.26. The van der Waals surface area contributed by atoms with Gasteiger partial charge < -0.3 is 11.1 Å². The molecule has 5 N–H and O–H groups in total. The zero-order chi connectivity index (χ0) is 16.5. The summed E-state index contributed by atoms with van der Waals surface area (Å²) in [5, 5.41) is 8.17. The van der Waals surface area contributed by atoms with Crippen molar-refractivity contribution in [3.63, 3.8) is 0 Å². The van der Waals surface area contributed by atoms with Crippen LogP contribution in [-0.4, -0.2) is 26.9 Å². The van der Waals surface area contributed by atoms with E-state index in [1.165, 1.54) is 6.07 Å². The number of nitrogens with two attached hydrogens (primary N) is 2. The second kappa shape index (κ2) is 6.66. The van der Waals surface area contributed by atoms with E-state index in [4.69, 9.17) is 10.9 Å². The van der Waals surface area contributed by atoms with Gasteiger partial charge in [-0.05, 0) is 49.9 Å². The van der Waals surface area contributed by atoms with Gasteiger partial charge in [0.05, 0.1) is 4.90 Å². The van der Waals surface area contributed by atoms with Crippen molar-refractivity contribution in [1.82, 2.24) is 5.32 Å². The van der Waals surface area contributed by atoms with Crippen LogP contribution in [0.5, 0.6) is 0 Å². The molecule has 2 atom stereocenters. The molecular weight excluding hydrogens is 370 g/mol. The SMILES string of the molecule is Cc1c(C(=O)NC2CCCC2CN)cc(Br)cc1S(N)(=O)=O. The van der Waals surface area contributed by atoms with Gasteiger partial charge in [0.1, 0.15) is 0 Å². The number of benzene rings is 1. The van der Waals surface area contributed by atoms with Crippen molar-refractivity contribution in [2.45, 2.75) is 37.1 Å². The highest BCUT2D eigenvalue weighted by Gasteiger charge is 2.28. The molecule has 0 saturated heterocycles.